The van der Waals surface area contributed by atoms with Gasteiger partial charge in [-0.25, -0.2) is 0 Å². The molecular weight excluding hydrogens is 402 g/mol. The lowest BCUT2D eigenvalue weighted by molar-refractivity contribution is -0.132. The maximum Gasteiger partial charge on any atom is 0.254 e. The standard InChI is InChI=1S/C26H33N3O3/c1-4-28(5-2)24(30)19-27-15-8-16-29(18-17-27)26(32)23-10-7-6-9-22(23)25(31)21-13-11-20(3)12-14-21/h6-7,9-14H,4-5,8,15-19H2,1-3H3. The van der Waals surface area contributed by atoms with Crippen LogP contribution in [0.5, 0.6) is 0 Å². The normalized spacial score (nSPS) is 14.7. The highest BCUT2D eigenvalue weighted by molar-refractivity contribution is 6.15. The van der Waals surface area contributed by atoms with Gasteiger partial charge in [0.25, 0.3) is 5.91 Å². The SMILES string of the molecule is CCN(CC)C(=O)CN1CCCN(C(=O)c2ccccc2C(=O)c2ccc(C)cc2)CC1. The summed E-state index contributed by atoms with van der Waals surface area (Å²) in [6.07, 6.45) is 0.797. The molecule has 0 saturated carbocycles. The molecule has 1 saturated heterocycles. The molecule has 0 N–H and O–H groups in total. The summed E-state index contributed by atoms with van der Waals surface area (Å²) >= 11 is 0. The van der Waals surface area contributed by atoms with Crippen molar-refractivity contribution in [2.75, 3.05) is 45.8 Å². The molecule has 0 radical (unpaired) electrons. The van der Waals surface area contributed by atoms with E-state index in [0.717, 1.165) is 18.5 Å². The van der Waals surface area contributed by atoms with E-state index in [1.807, 2.05) is 42.7 Å². The summed E-state index contributed by atoms with van der Waals surface area (Å²) in [5.74, 6) is -0.142. The molecule has 0 aromatic heterocycles. The molecule has 1 aliphatic rings. The van der Waals surface area contributed by atoms with E-state index < -0.39 is 0 Å². The highest BCUT2D eigenvalue weighted by Gasteiger charge is 2.25. The number of ketones is 1. The molecule has 1 heterocycles. The van der Waals surface area contributed by atoms with E-state index in [1.165, 1.54) is 0 Å². The first-order chi connectivity index (χ1) is 15.4. The fourth-order valence-corrected chi connectivity index (χ4v) is 4.10. The molecule has 0 spiro atoms. The van der Waals surface area contributed by atoms with Crippen molar-refractivity contribution in [1.82, 2.24) is 14.7 Å². The largest absolute Gasteiger partial charge is 0.342 e. The van der Waals surface area contributed by atoms with E-state index >= 15 is 0 Å². The van der Waals surface area contributed by atoms with Crippen molar-refractivity contribution in [2.45, 2.75) is 27.2 Å². The number of likely N-dealkylation sites (N-methyl/N-ethyl adjacent to an activating group) is 1. The number of nitrogens with zero attached hydrogens (tertiary/aromatic N) is 3. The van der Waals surface area contributed by atoms with Crippen LogP contribution in [0, 0.1) is 6.92 Å². The van der Waals surface area contributed by atoms with Crippen molar-refractivity contribution in [3.05, 3.63) is 70.8 Å². The Bertz CT molecular complexity index is 951. The van der Waals surface area contributed by atoms with Gasteiger partial charge >= 0.3 is 0 Å². The number of rotatable bonds is 7. The van der Waals surface area contributed by atoms with E-state index in [1.54, 1.807) is 36.4 Å². The maximum atomic E-state index is 13.4. The second-order valence-electron chi connectivity index (χ2n) is 8.23. The summed E-state index contributed by atoms with van der Waals surface area (Å²) in [5, 5.41) is 0. The summed E-state index contributed by atoms with van der Waals surface area (Å²) in [7, 11) is 0. The molecule has 32 heavy (non-hydrogen) atoms. The Labute approximate surface area is 190 Å². The smallest absolute Gasteiger partial charge is 0.254 e. The topological polar surface area (TPSA) is 60.9 Å². The van der Waals surface area contributed by atoms with Gasteiger partial charge in [-0.2, -0.15) is 0 Å². The van der Waals surface area contributed by atoms with Crippen molar-refractivity contribution in [3.8, 4) is 0 Å². The molecule has 0 aliphatic carbocycles. The van der Waals surface area contributed by atoms with E-state index in [-0.39, 0.29) is 17.6 Å². The molecule has 0 unspecified atom stereocenters. The number of carbonyl (C=O) groups excluding carboxylic acids is 3. The zero-order valence-corrected chi connectivity index (χ0v) is 19.3. The van der Waals surface area contributed by atoms with Gasteiger partial charge in [-0.1, -0.05) is 48.0 Å². The molecule has 0 atom stereocenters. The molecular formula is C26H33N3O3. The van der Waals surface area contributed by atoms with Gasteiger partial charge in [-0.15, -0.1) is 0 Å². The molecule has 6 nitrogen and oxygen atoms in total. The minimum absolute atomic E-state index is 0.127. The van der Waals surface area contributed by atoms with Crippen LogP contribution in [0.2, 0.25) is 0 Å². The molecule has 2 amide bonds. The quantitative estimate of drug-likeness (QED) is 0.627. The highest BCUT2D eigenvalue weighted by Crippen LogP contribution is 2.18. The van der Waals surface area contributed by atoms with Gasteiger partial charge in [0.05, 0.1) is 12.1 Å². The van der Waals surface area contributed by atoms with E-state index in [4.69, 9.17) is 0 Å². The van der Waals surface area contributed by atoms with Gasteiger partial charge in [-0.05, 0) is 33.3 Å². The third-order valence-corrected chi connectivity index (χ3v) is 6.07. The van der Waals surface area contributed by atoms with Crippen LogP contribution in [0.15, 0.2) is 48.5 Å². The summed E-state index contributed by atoms with van der Waals surface area (Å²) in [6.45, 7) is 10.3. The molecule has 6 heteroatoms. The minimum Gasteiger partial charge on any atom is -0.342 e. The highest BCUT2D eigenvalue weighted by atomic mass is 16.2. The number of aryl methyl sites for hydroxylation is 1. The van der Waals surface area contributed by atoms with Gasteiger partial charge in [0.2, 0.25) is 5.91 Å². The first-order valence-corrected chi connectivity index (χ1v) is 11.4. The third-order valence-electron chi connectivity index (χ3n) is 6.07. The second-order valence-corrected chi connectivity index (χ2v) is 8.23. The van der Waals surface area contributed by atoms with Gasteiger partial charge in [0.15, 0.2) is 5.78 Å². The molecule has 0 bridgehead atoms. The molecule has 1 fully saturated rings. The van der Waals surface area contributed by atoms with Crippen molar-refractivity contribution >= 4 is 17.6 Å². The van der Waals surface area contributed by atoms with Crippen LogP contribution < -0.4 is 0 Å². The Balaban J connectivity index is 1.71. The average molecular weight is 436 g/mol. The molecule has 1 aliphatic heterocycles. The Morgan fingerprint density at radius 2 is 1.50 bits per heavy atom. The van der Waals surface area contributed by atoms with Gasteiger partial charge in [0.1, 0.15) is 0 Å². The van der Waals surface area contributed by atoms with Crippen LogP contribution in [0.4, 0.5) is 0 Å². The van der Waals surface area contributed by atoms with Gasteiger partial charge in [-0.3, -0.25) is 19.3 Å². The van der Waals surface area contributed by atoms with Crippen LogP contribution >= 0.6 is 0 Å². The third kappa shape index (κ3) is 5.62. The predicted molar refractivity (Wildman–Crippen MR) is 126 cm³/mol. The Hall–Kier alpha value is -2.99. The fourth-order valence-electron chi connectivity index (χ4n) is 4.10. The van der Waals surface area contributed by atoms with Crippen LogP contribution in [0.25, 0.3) is 0 Å². The molecule has 3 rings (SSSR count). The molecule has 170 valence electrons. The second kappa shape index (κ2) is 11.0. The summed E-state index contributed by atoms with van der Waals surface area (Å²) in [5.41, 5.74) is 2.53. The monoisotopic (exact) mass is 435 g/mol. The lowest BCUT2D eigenvalue weighted by Gasteiger charge is -2.25. The number of amides is 2. The van der Waals surface area contributed by atoms with Gasteiger partial charge in [0, 0.05) is 50.4 Å². The van der Waals surface area contributed by atoms with Crippen molar-refractivity contribution < 1.29 is 14.4 Å². The Morgan fingerprint density at radius 1 is 0.844 bits per heavy atom. The van der Waals surface area contributed by atoms with Gasteiger partial charge < -0.3 is 9.80 Å². The zero-order valence-electron chi connectivity index (χ0n) is 19.3. The predicted octanol–water partition coefficient (Wildman–Crippen LogP) is 3.24. The molecule has 2 aromatic carbocycles. The van der Waals surface area contributed by atoms with Crippen molar-refractivity contribution in [3.63, 3.8) is 0 Å². The van der Waals surface area contributed by atoms with Crippen molar-refractivity contribution in [1.29, 1.82) is 0 Å². The fraction of sp³-hybridized carbons (Fsp3) is 0.423. The number of hydrogen-bond acceptors (Lipinski definition) is 4. The maximum absolute atomic E-state index is 13.4. The van der Waals surface area contributed by atoms with E-state index in [2.05, 4.69) is 4.90 Å². The zero-order chi connectivity index (χ0) is 23.1. The van der Waals surface area contributed by atoms with Crippen LogP contribution in [-0.2, 0) is 4.79 Å². The number of benzene rings is 2. The van der Waals surface area contributed by atoms with E-state index in [0.29, 0.717) is 56.0 Å². The van der Waals surface area contributed by atoms with Crippen LogP contribution in [0.3, 0.4) is 0 Å². The van der Waals surface area contributed by atoms with Crippen LogP contribution in [-0.4, -0.2) is 78.1 Å². The first kappa shape index (κ1) is 23.7. The lowest BCUT2D eigenvalue weighted by Crippen LogP contribution is -2.42. The first-order valence-electron chi connectivity index (χ1n) is 11.4. The van der Waals surface area contributed by atoms with Crippen LogP contribution in [0.1, 0.15) is 52.1 Å². The lowest BCUT2D eigenvalue weighted by atomic mass is 9.97. The Kier molecular flexibility index (Phi) is 8.17. The number of hydrogen-bond donors (Lipinski definition) is 0. The summed E-state index contributed by atoms with van der Waals surface area (Å²) in [6, 6.07) is 14.5. The average Bonchev–Trinajstić information content (AvgIpc) is 3.05. The van der Waals surface area contributed by atoms with Crippen molar-refractivity contribution in [2.24, 2.45) is 0 Å². The minimum atomic E-state index is -0.143. The number of carbonyl (C=O) groups is 3. The summed E-state index contributed by atoms with van der Waals surface area (Å²) < 4.78 is 0. The Morgan fingerprint density at radius 3 is 2.16 bits per heavy atom. The summed E-state index contributed by atoms with van der Waals surface area (Å²) in [4.78, 5) is 44.7. The van der Waals surface area contributed by atoms with E-state index in [9.17, 15) is 14.4 Å². The molecule has 2 aromatic rings.